The summed E-state index contributed by atoms with van der Waals surface area (Å²) in [7, 11) is -6.53. The van der Waals surface area contributed by atoms with Gasteiger partial charge in [0.25, 0.3) is 0 Å². The Kier molecular flexibility index (Phi) is 9.50. The molecule has 0 radical (unpaired) electrons. The second-order valence-corrected chi connectivity index (χ2v) is 9.21. The van der Waals surface area contributed by atoms with E-state index in [1.165, 1.54) is 0 Å². The van der Waals surface area contributed by atoms with Crippen LogP contribution >= 0.6 is 0 Å². The molecule has 8 heteroatoms. The summed E-state index contributed by atoms with van der Waals surface area (Å²) in [4.78, 5) is 0. The average Bonchev–Trinajstić information content (AvgIpc) is 2.55. The van der Waals surface area contributed by atoms with E-state index in [1.54, 1.807) is 24.3 Å². The lowest BCUT2D eigenvalue weighted by atomic mass is 10.2. The summed E-state index contributed by atoms with van der Waals surface area (Å²) in [5, 5.41) is 4.84. The number of rotatable bonds is 8. The first-order valence-corrected chi connectivity index (χ1v) is 11.6. The lowest BCUT2D eigenvalue weighted by Gasteiger charge is -2.05. The van der Waals surface area contributed by atoms with Crippen molar-refractivity contribution in [3.05, 3.63) is 71.8 Å². The van der Waals surface area contributed by atoms with Crippen LogP contribution in [0.2, 0.25) is 0 Å². The van der Waals surface area contributed by atoms with E-state index in [0.29, 0.717) is 6.54 Å². The van der Waals surface area contributed by atoms with E-state index in [2.05, 4.69) is 4.72 Å². The largest absolute Gasteiger partial charge is 0.228 e. The molecular formula is C18H26N2O4S2. The molecule has 0 aliphatic rings. The smallest absolute Gasteiger partial charge is 0.215 e. The predicted molar refractivity (Wildman–Crippen MR) is 105 cm³/mol. The van der Waals surface area contributed by atoms with E-state index < -0.39 is 20.0 Å². The molecule has 0 heterocycles. The van der Waals surface area contributed by atoms with Crippen molar-refractivity contribution >= 4 is 20.0 Å². The lowest BCUT2D eigenvalue weighted by molar-refractivity contribution is 0.577. The van der Waals surface area contributed by atoms with E-state index in [4.69, 9.17) is 5.14 Å². The molecule has 0 saturated heterocycles. The molecular weight excluding hydrogens is 372 g/mol. The average molecular weight is 399 g/mol. The van der Waals surface area contributed by atoms with Gasteiger partial charge in [0.2, 0.25) is 20.0 Å². The number of unbranched alkanes of at least 4 members (excludes halogenated alkanes) is 1. The summed E-state index contributed by atoms with van der Waals surface area (Å²) in [6, 6.07) is 18.0. The number of nitrogens with one attached hydrogen (secondary N) is 1. The summed E-state index contributed by atoms with van der Waals surface area (Å²) in [5.41, 5.74) is 1.54. The number of sulfonamides is 2. The number of hydrogen-bond donors (Lipinski definition) is 2. The Bertz CT molecular complexity index is 837. The highest BCUT2D eigenvalue weighted by molar-refractivity contribution is 7.88. The Morgan fingerprint density at radius 1 is 0.808 bits per heavy atom. The molecule has 6 nitrogen and oxygen atoms in total. The summed E-state index contributed by atoms with van der Waals surface area (Å²) >= 11 is 0. The Hall–Kier alpha value is -1.74. The zero-order valence-electron chi connectivity index (χ0n) is 14.8. The van der Waals surface area contributed by atoms with E-state index in [1.807, 2.05) is 43.3 Å². The molecule has 0 amide bonds. The molecule has 0 aliphatic heterocycles. The van der Waals surface area contributed by atoms with Crippen molar-refractivity contribution in [2.24, 2.45) is 5.14 Å². The van der Waals surface area contributed by atoms with Crippen LogP contribution in [0.1, 0.15) is 30.9 Å². The van der Waals surface area contributed by atoms with Gasteiger partial charge in [-0.25, -0.2) is 26.7 Å². The SMILES string of the molecule is CCCCNS(=O)(=O)Cc1ccccc1.NS(=O)(=O)Cc1ccccc1. The minimum absolute atomic E-state index is 0.0670. The summed E-state index contributed by atoms with van der Waals surface area (Å²) in [6.45, 7) is 2.57. The summed E-state index contributed by atoms with van der Waals surface area (Å²) in [6.07, 6.45) is 1.88. The molecule has 144 valence electrons. The molecule has 3 N–H and O–H groups in total. The second kappa shape index (κ2) is 11.1. The maximum atomic E-state index is 11.6. The first-order valence-electron chi connectivity index (χ1n) is 8.27. The quantitative estimate of drug-likeness (QED) is 0.666. The van der Waals surface area contributed by atoms with Gasteiger partial charge in [0.15, 0.2) is 0 Å². The van der Waals surface area contributed by atoms with Crippen molar-refractivity contribution in [1.82, 2.24) is 4.72 Å². The Labute approximate surface area is 156 Å². The van der Waals surface area contributed by atoms with Crippen molar-refractivity contribution in [3.63, 3.8) is 0 Å². The zero-order chi connectivity index (χ0) is 19.5. The number of nitrogens with two attached hydrogens (primary N) is 1. The molecule has 2 aromatic carbocycles. The Balaban J connectivity index is 0.000000273. The monoisotopic (exact) mass is 398 g/mol. The third kappa shape index (κ3) is 11.0. The fraction of sp³-hybridized carbons (Fsp3) is 0.333. The van der Waals surface area contributed by atoms with Crippen molar-refractivity contribution in [2.75, 3.05) is 6.54 Å². The fourth-order valence-electron chi connectivity index (χ4n) is 2.06. The topological polar surface area (TPSA) is 106 Å². The minimum Gasteiger partial charge on any atom is -0.228 e. The molecule has 2 rings (SSSR count). The molecule has 0 unspecified atom stereocenters. The second-order valence-electron chi connectivity index (χ2n) is 5.79. The van der Waals surface area contributed by atoms with Crippen molar-refractivity contribution < 1.29 is 16.8 Å². The molecule has 0 aliphatic carbocycles. The normalized spacial score (nSPS) is 11.5. The van der Waals surface area contributed by atoms with E-state index in [0.717, 1.165) is 24.0 Å². The number of benzene rings is 2. The van der Waals surface area contributed by atoms with Gasteiger partial charge in [-0.05, 0) is 17.5 Å². The first kappa shape index (κ1) is 22.3. The molecule has 0 saturated carbocycles. The van der Waals surface area contributed by atoms with Crippen LogP contribution in [0.4, 0.5) is 0 Å². The third-order valence-electron chi connectivity index (χ3n) is 3.26. The highest BCUT2D eigenvalue weighted by Gasteiger charge is 2.09. The highest BCUT2D eigenvalue weighted by Crippen LogP contribution is 2.04. The van der Waals surface area contributed by atoms with Gasteiger partial charge in [0.05, 0.1) is 11.5 Å². The molecule has 0 atom stereocenters. The fourth-order valence-corrected chi connectivity index (χ4v) is 3.90. The van der Waals surface area contributed by atoms with Gasteiger partial charge in [-0.3, -0.25) is 0 Å². The van der Waals surface area contributed by atoms with Gasteiger partial charge < -0.3 is 0 Å². The molecule has 0 aromatic heterocycles. The van der Waals surface area contributed by atoms with Crippen LogP contribution in [0, 0.1) is 0 Å². The highest BCUT2D eigenvalue weighted by atomic mass is 32.2. The first-order chi connectivity index (χ1) is 12.2. The van der Waals surface area contributed by atoms with Gasteiger partial charge >= 0.3 is 0 Å². The van der Waals surface area contributed by atoms with Crippen LogP contribution in [0.3, 0.4) is 0 Å². The van der Waals surface area contributed by atoms with Gasteiger partial charge in [0, 0.05) is 6.54 Å². The number of hydrogen-bond acceptors (Lipinski definition) is 4. The molecule has 0 bridgehead atoms. The number of primary sulfonamides is 1. The molecule has 0 fully saturated rings. The molecule has 26 heavy (non-hydrogen) atoms. The minimum atomic E-state index is -3.38. The van der Waals surface area contributed by atoms with Gasteiger partial charge in [-0.1, -0.05) is 74.0 Å². The van der Waals surface area contributed by atoms with Gasteiger partial charge in [0.1, 0.15) is 0 Å². The predicted octanol–water partition coefficient (Wildman–Crippen LogP) is 2.38. The van der Waals surface area contributed by atoms with Crippen molar-refractivity contribution in [2.45, 2.75) is 31.3 Å². The van der Waals surface area contributed by atoms with Crippen LogP contribution in [0.25, 0.3) is 0 Å². The van der Waals surface area contributed by atoms with Crippen LogP contribution in [-0.4, -0.2) is 23.4 Å². The Morgan fingerprint density at radius 2 is 1.27 bits per heavy atom. The third-order valence-corrected chi connectivity index (χ3v) is 5.36. The molecule has 0 spiro atoms. The van der Waals surface area contributed by atoms with Crippen molar-refractivity contribution in [1.29, 1.82) is 0 Å². The zero-order valence-corrected chi connectivity index (χ0v) is 16.5. The van der Waals surface area contributed by atoms with E-state index in [9.17, 15) is 16.8 Å². The maximum Gasteiger partial charge on any atom is 0.215 e. The van der Waals surface area contributed by atoms with Gasteiger partial charge in [-0.2, -0.15) is 0 Å². The van der Waals surface area contributed by atoms with Crippen LogP contribution < -0.4 is 9.86 Å². The van der Waals surface area contributed by atoms with E-state index >= 15 is 0 Å². The van der Waals surface area contributed by atoms with Crippen LogP contribution in [0.5, 0.6) is 0 Å². The lowest BCUT2D eigenvalue weighted by Crippen LogP contribution is -2.26. The molecule has 2 aromatic rings. The Morgan fingerprint density at radius 3 is 1.69 bits per heavy atom. The van der Waals surface area contributed by atoms with Gasteiger partial charge in [-0.15, -0.1) is 0 Å². The maximum absolute atomic E-state index is 11.6. The van der Waals surface area contributed by atoms with Crippen molar-refractivity contribution in [3.8, 4) is 0 Å². The summed E-state index contributed by atoms with van der Waals surface area (Å²) in [5.74, 6) is -0.0224. The van der Waals surface area contributed by atoms with E-state index in [-0.39, 0.29) is 11.5 Å². The van der Waals surface area contributed by atoms with Crippen LogP contribution in [0.15, 0.2) is 60.7 Å². The van der Waals surface area contributed by atoms with Crippen LogP contribution in [-0.2, 0) is 31.6 Å². The summed E-state index contributed by atoms with van der Waals surface area (Å²) < 4.78 is 46.9. The standard InChI is InChI=1S/C11H17NO2S.C7H9NO2S/c1-2-3-9-12-15(13,14)10-11-7-5-4-6-8-11;8-11(9,10)6-7-4-2-1-3-5-7/h4-8,12H,2-3,9-10H2,1H3;1-5H,6H2,(H2,8,9,10).